The molecule has 0 fully saturated rings. The van der Waals surface area contributed by atoms with E-state index in [1.165, 1.54) is 16.7 Å². The van der Waals surface area contributed by atoms with Crippen LogP contribution in [0.3, 0.4) is 0 Å². The van der Waals surface area contributed by atoms with Crippen molar-refractivity contribution in [2.24, 2.45) is 0 Å². The van der Waals surface area contributed by atoms with E-state index in [4.69, 9.17) is 0 Å². The fourth-order valence-corrected chi connectivity index (χ4v) is 2.52. The molecule has 0 radical (unpaired) electrons. The molecular weight excluding hydrogens is 258 g/mol. The summed E-state index contributed by atoms with van der Waals surface area (Å²) in [6, 6.07) is 12.9. The van der Waals surface area contributed by atoms with Crippen LogP contribution >= 0.6 is 0 Å². The van der Waals surface area contributed by atoms with Gasteiger partial charge in [0.05, 0.1) is 0 Å². The molecule has 0 amide bonds. The fraction of sp³-hybridized carbons (Fsp3) is 0.368. The Morgan fingerprint density at radius 2 is 1.43 bits per heavy atom. The van der Waals surface area contributed by atoms with E-state index in [0.717, 1.165) is 24.2 Å². The molecule has 0 atom stereocenters. The summed E-state index contributed by atoms with van der Waals surface area (Å²) in [7, 11) is 0. The quantitative estimate of drug-likeness (QED) is 0.851. The summed E-state index contributed by atoms with van der Waals surface area (Å²) in [4.78, 5) is 0. The van der Waals surface area contributed by atoms with Crippen LogP contribution in [-0.2, 0) is 13.1 Å². The van der Waals surface area contributed by atoms with Gasteiger partial charge in [0.25, 0.3) is 0 Å². The first-order valence-corrected chi connectivity index (χ1v) is 7.56. The average molecular weight is 283 g/mol. The van der Waals surface area contributed by atoms with E-state index < -0.39 is 0 Å². The van der Waals surface area contributed by atoms with Gasteiger partial charge < -0.3 is 10.4 Å². The largest absolute Gasteiger partial charge is 0.507 e. The highest BCUT2D eigenvalue weighted by Crippen LogP contribution is 2.22. The standard InChI is InChI=1S/C19H25NO/c1-13(2)18-7-5-16(6-8-18)11-20-12-17-9-14(3)19(21)15(4)10-17/h5-10,13,20-21H,11-12H2,1-4H3. The van der Waals surface area contributed by atoms with Gasteiger partial charge in [-0.05, 0) is 47.6 Å². The van der Waals surface area contributed by atoms with Gasteiger partial charge in [-0.15, -0.1) is 0 Å². The number of rotatable bonds is 5. The normalized spacial score (nSPS) is 11.1. The van der Waals surface area contributed by atoms with Crippen LogP contribution in [0.1, 0.15) is 47.6 Å². The minimum atomic E-state index is 0.406. The van der Waals surface area contributed by atoms with Crippen molar-refractivity contribution in [3.63, 3.8) is 0 Å². The molecule has 0 bridgehead atoms. The van der Waals surface area contributed by atoms with Crippen molar-refractivity contribution in [2.75, 3.05) is 0 Å². The van der Waals surface area contributed by atoms with Crippen molar-refractivity contribution in [1.82, 2.24) is 5.32 Å². The highest BCUT2D eigenvalue weighted by molar-refractivity contribution is 5.42. The summed E-state index contributed by atoms with van der Waals surface area (Å²) in [5, 5.41) is 13.2. The number of hydrogen-bond donors (Lipinski definition) is 2. The zero-order valence-electron chi connectivity index (χ0n) is 13.4. The summed E-state index contributed by atoms with van der Waals surface area (Å²) in [5.74, 6) is 0.984. The van der Waals surface area contributed by atoms with E-state index in [1.807, 2.05) is 26.0 Å². The zero-order chi connectivity index (χ0) is 15.4. The Kier molecular flexibility index (Phi) is 5.03. The zero-order valence-corrected chi connectivity index (χ0v) is 13.4. The van der Waals surface area contributed by atoms with Gasteiger partial charge in [0, 0.05) is 13.1 Å². The molecule has 2 rings (SSSR count). The Morgan fingerprint density at radius 1 is 0.905 bits per heavy atom. The van der Waals surface area contributed by atoms with Crippen LogP contribution in [0.25, 0.3) is 0 Å². The van der Waals surface area contributed by atoms with Gasteiger partial charge >= 0.3 is 0 Å². The third-order valence-corrected chi connectivity index (χ3v) is 3.86. The minimum Gasteiger partial charge on any atom is -0.507 e. The molecule has 2 aromatic rings. The maximum atomic E-state index is 9.78. The number of hydrogen-bond acceptors (Lipinski definition) is 2. The van der Waals surface area contributed by atoms with E-state index in [9.17, 15) is 5.11 Å². The lowest BCUT2D eigenvalue weighted by Gasteiger charge is -2.10. The summed E-state index contributed by atoms with van der Waals surface area (Å²) in [6.07, 6.45) is 0. The molecule has 2 aromatic carbocycles. The monoisotopic (exact) mass is 283 g/mol. The van der Waals surface area contributed by atoms with Gasteiger partial charge in [-0.2, -0.15) is 0 Å². The molecule has 0 aromatic heterocycles. The second kappa shape index (κ2) is 6.77. The Morgan fingerprint density at radius 3 is 1.95 bits per heavy atom. The SMILES string of the molecule is Cc1cc(CNCc2ccc(C(C)C)cc2)cc(C)c1O. The van der Waals surface area contributed by atoms with Gasteiger partial charge in [0.15, 0.2) is 0 Å². The van der Waals surface area contributed by atoms with Crippen molar-refractivity contribution >= 4 is 0 Å². The third kappa shape index (κ3) is 4.08. The van der Waals surface area contributed by atoms with E-state index in [2.05, 4.69) is 43.4 Å². The van der Waals surface area contributed by atoms with Gasteiger partial charge in [0.1, 0.15) is 5.75 Å². The van der Waals surface area contributed by atoms with Crippen LogP contribution in [0.2, 0.25) is 0 Å². The Balaban J connectivity index is 1.92. The van der Waals surface area contributed by atoms with Gasteiger partial charge in [-0.25, -0.2) is 0 Å². The summed E-state index contributed by atoms with van der Waals surface area (Å²) in [6.45, 7) is 9.98. The van der Waals surface area contributed by atoms with Crippen LogP contribution < -0.4 is 5.32 Å². The molecule has 0 aliphatic rings. The van der Waals surface area contributed by atoms with Crippen LogP contribution in [0, 0.1) is 13.8 Å². The molecule has 0 heterocycles. The highest BCUT2D eigenvalue weighted by atomic mass is 16.3. The highest BCUT2D eigenvalue weighted by Gasteiger charge is 2.03. The van der Waals surface area contributed by atoms with Gasteiger partial charge in [-0.3, -0.25) is 0 Å². The lowest BCUT2D eigenvalue weighted by molar-refractivity contribution is 0.466. The smallest absolute Gasteiger partial charge is 0.121 e. The second-order valence-corrected chi connectivity index (χ2v) is 6.08. The molecule has 0 unspecified atom stereocenters. The fourth-order valence-electron chi connectivity index (χ4n) is 2.52. The van der Waals surface area contributed by atoms with Crippen LogP contribution in [0.4, 0.5) is 0 Å². The summed E-state index contributed by atoms with van der Waals surface area (Å²) in [5.41, 5.74) is 5.76. The Bertz CT molecular complexity index is 576. The first-order valence-electron chi connectivity index (χ1n) is 7.56. The Labute approximate surface area is 127 Å². The van der Waals surface area contributed by atoms with Crippen molar-refractivity contribution in [2.45, 2.75) is 46.7 Å². The second-order valence-electron chi connectivity index (χ2n) is 6.08. The molecule has 21 heavy (non-hydrogen) atoms. The van der Waals surface area contributed by atoms with E-state index in [-0.39, 0.29) is 0 Å². The maximum absolute atomic E-state index is 9.78. The summed E-state index contributed by atoms with van der Waals surface area (Å²) < 4.78 is 0. The predicted molar refractivity (Wildman–Crippen MR) is 88.7 cm³/mol. The molecule has 2 N–H and O–H groups in total. The molecule has 0 saturated heterocycles. The Hall–Kier alpha value is -1.80. The number of aromatic hydroxyl groups is 1. The number of phenolic OH excluding ortho intramolecular Hbond substituents is 1. The number of benzene rings is 2. The number of nitrogens with one attached hydrogen (secondary N) is 1. The van der Waals surface area contributed by atoms with Crippen molar-refractivity contribution in [3.05, 3.63) is 64.2 Å². The minimum absolute atomic E-state index is 0.406. The van der Waals surface area contributed by atoms with E-state index in [0.29, 0.717) is 11.7 Å². The average Bonchev–Trinajstić information content (AvgIpc) is 2.45. The van der Waals surface area contributed by atoms with Crippen LogP contribution in [0.5, 0.6) is 5.75 Å². The molecule has 112 valence electrons. The lowest BCUT2D eigenvalue weighted by Crippen LogP contribution is -2.13. The molecule has 0 aliphatic heterocycles. The molecular formula is C19H25NO. The topological polar surface area (TPSA) is 32.3 Å². The molecule has 2 nitrogen and oxygen atoms in total. The van der Waals surface area contributed by atoms with Gasteiger partial charge in [-0.1, -0.05) is 50.2 Å². The van der Waals surface area contributed by atoms with E-state index >= 15 is 0 Å². The third-order valence-electron chi connectivity index (χ3n) is 3.86. The predicted octanol–water partition coefficient (Wildman–Crippen LogP) is 4.42. The summed E-state index contributed by atoms with van der Waals surface area (Å²) >= 11 is 0. The van der Waals surface area contributed by atoms with Crippen molar-refractivity contribution in [1.29, 1.82) is 0 Å². The number of aryl methyl sites for hydroxylation is 2. The van der Waals surface area contributed by atoms with Crippen molar-refractivity contribution < 1.29 is 5.11 Å². The van der Waals surface area contributed by atoms with Crippen LogP contribution in [-0.4, -0.2) is 5.11 Å². The molecule has 0 spiro atoms. The molecule has 0 saturated carbocycles. The lowest BCUT2D eigenvalue weighted by atomic mass is 10.0. The van der Waals surface area contributed by atoms with Crippen molar-refractivity contribution in [3.8, 4) is 5.75 Å². The first-order chi connectivity index (χ1) is 9.97. The van der Waals surface area contributed by atoms with Gasteiger partial charge in [0.2, 0.25) is 0 Å². The van der Waals surface area contributed by atoms with E-state index in [1.54, 1.807) is 0 Å². The molecule has 0 aliphatic carbocycles. The first kappa shape index (κ1) is 15.6. The maximum Gasteiger partial charge on any atom is 0.121 e. The van der Waals surface area contributed by atoms with Crippen LogP contribution in [0.15, 0.2) is 36.4 Å². The number of phenols is 1. The molecule has 2 heteroatoms.